The van der Waals surface area contributed by atoms with Crippen LogP contribution in [-0.4, -0.2) is 23.1 Å². The SMILES string of the molecule is CCC1CCCN(c2cc(Cl)nc(-c3ccccc3)n2)C1. The van der Waals surface area contributed by atoms with Gasteiger partial charge in [0.15, 0.2) is 5.82 Å². The van der Waals surface area contributed by atoms with Crippen molar-refractivity contribution in [3.05, 3.63) is 41.6 Å². The van der Waals surface area contributed by atoms with Gasteiger partial charge in [0.1, 0.15) is 11.0 Å². The molecular weight excluding hydrogens is 282 g/mol. The average molecular weight is 302 g/mol. The second kappa shape index (κ2) is 6.44. The standard InChI is InChI=1S/C17H20ClN3/c1-2-13-7-6-10-21(12-13)16-11-15(18)19-17(20-16)14-8-4-3-5-9-14/h3-5,8-9,11,13H,2,6-7,10,12H2,1H3. The van der Waals surface area contributed by atoms with Crippen LogP contribution < -0.4 is 4.90 Å². The number of benzene rings is 1. The first-order valence-electron chi connectivity index (χ1n) is 7.61. The molecule has 0 amide bonds. The Labute approximate surface area is 131 Å². The van der Waals surface area contributed by atoms with Crippen LogP contribution in [0.5, 0.6) is 0 Å². The smallest absolute Gasteiger partial charge is 0.163 e. The zero-order chi connectivity index (χ0) is 14.7. The highest BCUT2D eigenvalue weighted by atomic mass is 35.5. The first kappa shape index (κ1) is 14.3. The molecule has 0 N–H and O–H groups in total. The Hall–Kier alpha value is -1.61. The molecule has 1 aliphatic heterocycles. The summed E-state index contributed by atoms with van der Waals surface area (Å²) in [6.07, 6.45) is 3.76. The van der Waals surface area contributed by atoms with Crippen LogP contribution in [0, 0.1) is 5.92 Å². The van der Waals surface area contributed by atoms with Crippen molar-refractivity contribution in [3.8, 4) is 11.4 Å². The van der Waals surface area contributed by atoms with Gasteiger partial charge in [0.25, 0.3) is 0 Å². The van der Waals surface area contributed by atoms with Crippen LogP contribution in [0.1, 0.15) is 26.2 Å². The largest absolute Gasteiger partial charge is 0.356 e. The Morgan fingerprint density at radius 1 is 1.24 bits per heavy atom. The number of rotatable bonds is 3. The minimum Gasteiger partial charge on any atom is -0.356 e. The van der Waals surface area contributed by atoms with Gasteiger partial charge in [-0.25, -0.2) is 9.97 Å². The maximum atomic E-state index is 6.21. The molecule has 0 bridgehead atoms. The summed E-state index contributed by atoms with van der Waals surface area (Å²) in [4.78, 5) is 11.4. The van der Waals surface area contributed by atoms with Gasteiger partial charge >= 0.3 is 0 Å². The highest BCUT2D eigenvalue weighted by Crippen LogP contribution is 2.27. The molecule has 3 rings (SSSR count). The Bertz CT molecular complexity index is 600. The van der Waals surface area contributed by atoms with E-state index in [1.165, 1.54) is 19.3 Å². The maximum absolute atomic E-state index is 6.21. The quantitative estimate of drug-likeness (QED) is 0.786. The molecule has 110 valence electrons. The summed E-state index contributed by atoms with van der Waals surface area (Å²) in [6, 6.07) is 11.9. The Morgan fingerprint density at radius 3 is 2.81 bits per heavy atom. The number of nitrogens with zero attached hydrogens (tertiary/aromatic N) is 3. The monoisotopic (exact) mass is 301 g/mol. The fourth-order valence-corrected chi connectivity index (χ4v) is 3.07. The lowest BCUT2D eigenvalue weighted by Crippen LogP contribution is -2.35. The fraction of sp³-hybridized carbons (Fsp3) is 0.412. The minimum absolute atomic E-state index is 0.512. The first-order chi connectivity index (χ1) is 10.3. The number of piperidine rings is 1. The molecule has 1 atom stereocenters. The molecule has 1 fully saturated rings. The second-order valence-electron chi connectivity index (χ2n) is 5.60. The van der Waals surface area contributed by atoms with E-state index in [2.05, 4.69) is 16.8 Å². The lowest BCUT2D eigenvalue weighted by Gasteiger charge is -2.33. The number of halogens is 1. The average Bonchev–Trinajstić information content (AvgIpc) is 2.55. The summed E-state index contributed by atoms with van der Waals surface area (Å²) < 4.78 is 0. The van der Waals surface area contributed by atoms with Gasteiger partial charge in [0.2, 0.25) is 0 Å². The van der Waals surface area contributed by atoms with Crippen molar-refractivity contribution in [1.29, 1.82) is 0 Å². The summed E-state index contributed by atoms with van der Waals surface area (Å²) in [5, 5.41) is 0.512. The van der Waals surface area contributed by atoms with Crippen LogP contribution in [-0.2, 0) is 0 Å². The van der Waals surface area contributed by atoms with Crippen molar-refractivity contribution in [2.45, 2.75) is 26.2 Å². The van der Waals surface area contributed by atoms with Gasteiger partial charge in [0, 0.05) is 24.7 Å². The van der Waals surface area contributed by atoms with E-state index in [4.69, 9.17) is 16.6 Å². The predicted molar refractivity (Wildman–Crippen MR) is 87.7 cm³/mol. The molecule has 1 unspecified atom stereocenters. The lowest BCUT2D eigenvalue weighted by molar-refractivity contribution is 0.403. The van der Waals surface area contributed by atoms with Crippen molar-refractivity contribution in [2.75, 3.05) is 18.0 Å². The van der Waals surface area contributed by atoms with Crippen LogP contribution in [0.4, 0.5) is 5.82 Å². The molecule has 1 aromatic carbocycles. The zero-order valence-corrected chi connectivity index (χ0v) is 13.1. The molecule has 0 spiro atoms. The minimum atomic E-state index is 0.512. The highest BCUT2D eigenvalue weighted by molar-refractivity contribution is 6.29. The van der Waals surface area contributed by atoms with Gasteiger partial charge in [-0.3, -0.25) is 0 Å². The third-order valence-corrected chi connectivity index (χ3v) is 4.33. The van der Waals surface area contributed by atoms with E-state index in [-0.39, 0.29) is 0 Å². The van der Waals surface area contributed by atoms with Gasteiger partial charge < -0.3 is 4.90 Å². The normalized spacial score (nSPS) is 18.8. The van der Waals surface area contributed by atoms with E-state index < -0.39 is 0 Å². The van der Waals surface area contributed by atoms with Gasteiger partial charge in [-0.2, -0.15) is 0 Å². The van der Waals surface area contributed by atoms with Crippen molar-refractivity contribution in [2.24, 2.45) is 5.92 Å². The van der Waals surface area contributed by atoms with E-state index in [1.54, 1.807) is 0 Å². The molecule has 1 aromatic heterocycles. The van der Waals surface area contributed by atoms with Gasteiger partial charge in [-0.15, -0.1) is 0 Å². The summed E-state index contributed by atoms with van der Waals surface area (Å²) in [7, 11) is 0. The number of aromatic nitrogens is 2. The zero-order valence-electron chi connectivity index (χ0n) is 12.3. The number of hydrogen-bond donors (Lipinski definition) is 0. The predicted octanol–water partition coefficient (Wildman–Crippen LogP) is 4.42. The van der Waals surface area contributed by atoms with Crippen molar-refractivity contribution >= 4 is 17.4 Å². The van der Waals surface area contributed by atoms with Crippen molar-refractivity contribution < 1.29 is 0 Å². The van der Waals surface area contributed by atoms with E-state index in [0.717, 1.165) is 30.4 Å². The van der Waals surface area contributed by atoms with E-state index in [1.807, 2.05) is 36.4 Å². The van der Waals surface area contributed by atoms with Crippen molar-refractivity contribution in [1.82, 2.24) is 9.97 Å². The molecule has 0 saturated carbocycles. The molecule has 2 aromatic rings. The molecular formula is C17H20ClN3. The van der Waals surface area contributed by atoms with Crippen LogP contribution in [0.3, 0.4) is 0 Å². The highest BCUT2D eigenvalue weighted by Gasteiger charge is 2.20. The second-order valence-corrected chi connectivity index (χ2v) is 5.99. The van der Waals surface area contributed by atoms with E-state index in [9.17, 15) is 0 Å². The molecule has 0 aliphatic carbocycles. The van der Waals surface area contributed by atoms with E-state index >= 15 is 0 Å². The maximum Gasteiger partial charge on any atom is 0.163 e. The Kier molecular flexibility index (Phi) is 4.39. The first-order valence-corrected chi connectivity index (χ1v) is 7.99. The summed E-state index contributed by atoms with van der Waals surface area (Å²) >= 11 is 6.21. The van der Waals surface area contributed by atoms with Crippen LogP contribution in [0.2, 0.25) is 5.15 Å². The molecule has 1 aliphatic rings. The molecule has 21 heavy (non-hydrogen) atoms. The van der Waals surface area contributed by atoms with Crippen LogP contribution in [0.15, 0.2) is 36.4 Å². The summed E-state index contributed by atoms with van der Waals surface area (Å²) in [6.45, 7) is 4.38. The van der Waals surface area contributed by atoms with Gasteiger partial charge in [0.05, 0.1) is 0 Å². The summed E-state index contributed by atoms with van der Waals surface area (Å²) in [5.74, 6) is 2.41. The molecule has 0 radical (unpaired) electrons. The lowest BCUT2D eigenvalue weighted by atomic mass is 9.96. The number of hydrogen-bond acceptors (Lipinski definition) is 3. The molecule has 4 heteroatoms. The molecule has 1 saturated heterocycles. The Balaban J connectivity index is 1.91. The van der Waals surface area contributed by atoms with E-state index in [0.29, 0.717) is 11.0 Å². The third kappa shape index (κ3) is 3.35. The summed E-state index contributed by atoms with van der Waals surface area (Å²) in [5.41, 5.74) is 1.00. The van der Waals surface area contributed by atoms with Gasteiger partial charge in [-0.1, -0.05) is 55.3 Å². The molecule has 3 nitrogen and oxygen atoms in total. The topological polar surface area (TPSA) is 29.0 Å². The van der Waals surface area contributed by atoms with Crippen LogP contribution >= 0.6 is 11.6 Å². The third-order valence-electron chi connectivity index (χ3n) is 4.13. The Morgan fingerprint density at radius 2 is 2.05 bits per heavy atom. The fourth-order valence-electron chi connectivity index (χ4n) is 2.89. The van der Waals surface area contributed by atoms with Gasteiger partial charge in [-0.05, 0) is 18.8 Å². The number of anilines is 1. The van der Waals surface area contributed by atoms with Crippen molar-refractivity contribution in [3.63, 3.8) is 0 Å². The van der Waals surface area contributed by atoms with Crippen LogP contribution in [0.25, 0.3) is 11.4 Å². The molecule has 2 heterocycles.